The molecule has 0 amide bonds. The van der Waals surface area contributed by atoms with Crippen LogP contribution in [0.5, 0.6) is 0 Å². The van der Waals surface area contributed by atoms with E-state index in [9.17, 15) is 4.39 Å². The van der Waals surface area contributed by atoms with E-state index in [1.807, 2.05) is 28.9 Å². The molecule has 2 rings (SSSR count). The lowest BCUT2D eigenvalue weighted by atomic mass is 10.5. The number of halogens is 1. The topological polar surface area (TPSA) is 50.1 Å². The molecule has 19 heavy (non-hydrogen) atoms. The van der Waals surface area contributed by atoms with Crippen LogP contribution in [-0.4, -0.2) is 47.4 Å². The van der Waals surface area contributed by atoms with Gasteiger partial charge in [-0.25, -0.2) is 9.37 Å². The first-order chi connectivity index (χ1) is 9.08. The van der Waals surface area contributed by atoms with Gasteiger partial charge in [-0.05, 0) is 6.07 Å². The van der Waals surface area contributed by atoms with Gasteiger partial charge in [0.2, 0.25) is 5.95 Å². The predicted octanol–water partition coefficient (Wildman–Crippen LogP) is 1.01. The lowest BCUT2D eigenvalue weighted by Crippen LogP contribution is -2.26. The Kier molecular flexibility index (Phi) is 3.94. The van der Waals surface area contributed by atoms with E-state index in [0.29, 0.717) is 12.5 Å². The van der Waals surface area contributed by atoms with Gasteiger partial charge in [0.15, 0.2) is 11.6 Å². The summed E-state index contributed by atoms with van der Waals surface area (Å²) in [7, 11) is 5.37. The molecule has 0 saturated heterocycles. The Morgan fingerprint density at radius 1 is 1.32 bits per heavy atom. The number of aromatic nitrogens is 4. The van der Waals surface area contributed by atoms with E-state index < -0.39 is 5.82 Å². The van der Waals surface area contributed by atoms with Crippen molar-refractivity contribution >= 4 is 11.8 Å². The monoisotopic (exact) mass is 264 g/mol. The zero-order valence-corrected chi connectivity index (χ0v) is 11.3. The zero-order valence-electron chi connectivity index (χ0n) is 11.3. The predicted molar refractivity (Wildman–Crippen MR) is 71.8 cm³/mol. The number of rotatable bonds is 5. The van der Waals surface area contributed by atoms with Crippen molar-refractivity contribution in [2.24, 2.45) is 0 Å². The molecule has 0 bridgehead atoms. The van der Waals surface area contributed by atoms with Gasteiger partial charge < -0.3 is 9.80 Å². The second-order valence-corrected chi connectivity index (χ2v) is 4.43. The third kappa shape index (κ3) is 3.18. The lowest BCUT2D eigenvalue weighted by molar-refractivity contribution is 0.596. The second-order valence-electron chi connectivity index (χ2n) is 4.43. The SMILES string of the molecule is CN(C)c1nc(N(C)CCn2cccn2)ncc1F. The smallest absolute Gasteiger partial charge is 0.227 e. The molecule has 0 aliphatic rings. The van der Waals surface area contributed by atoms with Gasteiger partial charge in [0.05, 0.1) is 12.7 Å². The summed E-state index contributed by atoms with van der Waals surface area (Å²) in [6.45, 7) is 1.42. The van der Waals surface area contributed by atoms with Crippen LogP contribution in [0.25, 0.3) is 0 Å². The fourth-order valence-electron chi connectivity index (χ4n) is 1.63. The van der Waals surface area contributed by atoms with Crippen LogP contribution in [0.4, 0.5) is 16.2 Å². The van der Waals surface area contributed by atoms with Crippen LogP contribution in [0.2, 0.25) is 0 Å². The fourth-order valence-corrected chi connectivity index (χ4v) is 1.63. The highest BCUT2D eigenvalue weighted by atomic mass is 19.1. The van der Waals surface area contributed by atoms with E-state index in [1.54, 1.807) is 25.2 Å². The summed E-state index contributed by atoms with van der Waals surface area (Å²) >= 11 is 0. The van der Waals surface area contributed by atoms with Crippen LogP contribution in [0.1, 0.15) is 0 Å². The Balaban J connectivity index is 2.06. The van der Waals surface area contributed by atoms with Gasteiger partial charge in [-0.3, -0.25) is 4.68 Å². The minimum absolute atomic E-state index is 0.288. The summed E-state index contributed by atoms with van der Waals surface area (Å²) in [5, 5.41) is 4.12. The van der Waals surface area contributed by atoms with Crippen molar-refractivity contribution in [1.29, 1.82) is 0 Å². The summed E-state index contributed by atoms with van der Waals surface area (Å²) in [5.41, 5.74) is 0. The molecular formula is C12H17FN6. The molecule has 0 unspecified atom stereocenters. The summed E-state index contributed by atoms with van der Waals surface area (Å²) in [6, 6.07) is 1.87. The van der Waals surface area contributed by atoms with Crippen LogP contribution >= 0.6 is 0 Å². The Labute approximate surface area is 111 Å². The van der Waals surface area contributed by atoms with Gasteiger partial charge in [0, 0.05) is 40.1 Å². The average Bonchev–Trinajstić information content (AvgIpc) is 2.89. The molecule has 0 atom stereocenters. The van der Waals surface area contributed by atoms with Crippen molar-refractivity contribution < 1.29 is 4.39 Å². The third-order valence-corrected chi connectivity index (χ3v) is 2.70. The Bertz CT molecular complexity index is 525. The van der Waals surface area contributed by atoms with Crippen molar-refractivity contribution in [3.63, 3.8) is 0 Å². The molecule has 7 heteroatoms. The zero-order chi connectivity index (χ0) is 13.8. The minimum atomic E-state index is -0.422. The highest BCUT2D eigenvalue weighted by molar-refractivity contribution is 5.43. The molecule has 0 fully saturated rings. The van der Waals surface area contributed by atoms with E-state index in [-0.39, 0.29) is 5.82 Å². The van der Waals surface area contributed by atoms with Crippen LogP contribution in [0.3, 0.4) is 0 Å². The fraction of sp³-hybridized carbons (Fsp3) is 0.417. The van der Waals surface area contributed by atoms with E-state index in [2.05, 4.69) is 15.1 Å². The third-order valence-electron chi connectivity index (χ3n) is 2.70. The molecule has 0 radical (unpaired) electrons. The molecule has 0 spiro atoms. The van der Waals surface area contributed by atoms with Crippen molar-refractivity contribution in [3.8, 4) is 0 Å². The van der Waals surface area contributed by atoms with Gasteiger partial charge in [0.1, 0.15) is 0 Å². The average molecular weight is 264 g/mol. The van der Waals surface area contributed by atoms with E-state index >= 15 is 0 Å². The largest absolute Gasteiger partial charge is 0.360 e. The Hall–Kier alpha value is -2.18. The molecule has 0 aromatic carbocycles. The maximum absolute atomic E-state index is 13.5. The van der Waals surface area contributed by atoms with Gasteiger partial charge in [-0.2, -0.15) is 10.1 Å². The van der Waals surface area contributed by atoms with Gasteiger partial charge in [-0.1, -0.05) is 0 Å². The maximum atomic E-state index is 13.5. The van der Waals surface area contributed by atoms with Crippen LogP contribution in [-0.2, 0) is 6.54 Å². The van der Waals surface area contributed by atoms with Crippen molar-refractivity contribution in [3.05, 3.63) is 30.5 Å². The molecule has 0 saturated carbocycles. The molecule has 0 N–H and O–H groups in total. The number of hydrogen-bond acceptors (Lipinski definition) is 5. The van der Waals surface area contributed by atoms with E-state index in [4.69, 9.17) is 0 Å². The molecule has 102 valence electrons. The summed E-state index contributed by atoms with van der Waals surface area (Å²) < 4.78 is 15.3. The van der Waals surface area contributed by atoms with E-state index in [1.165, 1.54) is 6.20 Å². The van der Waals surface area contributed by atoms with Crippen molar-refractivity contribution in [1.82, 2.24) is 19.7 Å². The quantitative estimate of drug-likeness (QED) is 0.807. The van der Waals surface area contributed by atoms with Crippen molar-refractivity contribution in [2.75, 3.05) is 37.5 Å². The van der Waals surface area contributed by atoms with Gasteiger partial charge in [0.25, 0.3) is 0 Å². The lowest BCUT2D eigenvalue weighted by Gasteiger charge is -2.19. The first-order valence-electron chi connectivity index (χ1n) is 5.96. The molecule has 2 heterocycles. The van der Waals surface area contributed by atoms with E-state index in [0.717, 1.165) is 6.54 Å². The summed E-state index contributed by atoms with van der Waals surface area (Å²) in [4.78, 5) is 11.7. The number of likely N-dealkylation sites (N-methyl/N-ethyl adjacent to an activating group) is 1. The molecule has 2 aromatic heterocycles. The summed E-state index contributed by atoms with van der Waals surface area (Å²) in [5.74, 6) is 0.363. The van der Waals surface area contributed by atoms with Crippen LogP contribution < -0.4 is 9.80 Å². The molecule has 6 nitrogen and oxygen atoms in total. The highest BCUT2D eigenvalue weighted by Gasteiger charge is 2.11. The normalized spacial score (nSPS) is 10.5. The number of nitrogens with zero attached hydrogens (tertiary/aromatic N) is 6. The van der Waals surface area contributed by atoms with Gasteiger partial charge in [-0.15, -0.1) is 0 Å². The first-order valence-corrected chi connectivity index (χ1v) is 5.96. The number of hydrogen-bond donors (Lipinski definition) is 0. The molecule has 0 aliphatic carbocycles. The van der Waals surface area contributed by atoms with Crippen LogP contribution in [0, 0.1) is 5.82 Å². The standard InChI is InChI=1S/C12H17FN6/c1-17(2)11-10(13)9-14-12(16-11)18(3)7-8-19-6-4-5-15-19/h4-6,9H,7-8H2,1-3H3. The second kappa shape index (κ2) is 5.64. The maximum Gasteiger partial charge on any atom is 0.227 e. The first kappa shape index (κ1) is 13.3. The Morgan fingerprint density at radius 2 is 2.11 bits per heavy atom. The van der Waals surface area contributed by atoms with Crippen molar-refractivity contribution in [2.45, 2.75) is 6.54 Å². The minimum Gasteiger partial charge on any atom is -0.360 e. The molecular weight excluding hydrogens is 247 g/mol. The van der Waals surface area contributed by atoms with Gasteiger partial charge >= 0.3 is 0 Å². The molecule has 0 aliphatic heterocycles. The molecule has 2 aromatic rings. The van der Waals surface area contributed by atoms with Crippen LogP contribution in [0.15, 0.2) is 24.7 Å². The summed E-state index contributed by atoms with van der Waals surface area (Å²) in [6.07, 6.45) is 4.82. The highest BCUT2D eigenvalue weighted by Crippen LogP contribution is 2.16. The Morgan fingerprint density at radius 3 is 2.74 bits per heavy atom. The number of anilines is 2.